The number of thiazole rings is 1. The molecular formula is C24H23F7N6S. The first-order valence-electron chi connectivity index (χ1n) is 11.8. The first-order chi connectivity index (χ1) is 18.0. The fourth-order valence-electron chi connectivity index (χ4n) is 4.57. The maximum atomic E-state index is 13.6. The SMILES string of the molecule is Fc1ccc2c(c1)CNC(c1csc(C3CCN(C=Cn4nc(C(F)(F)F)cc4C(F)(F)F)CC3)n1)NC2. The van der Waals surface area contributed by atoms with Crippen molar-refractivity contribution in [3.63, 3.8) is 0 Å². The van der Waals surface area contributed by atoms with Crippen LogP contribution in [0.5, 0.6) is 0 Å². The first-order valence-corrected chi connectivity index (χ1v) is 12.7. The Labute approximate surface area is 217 Å². The van der Waals surface area contributed by atoms with Crippen molar-refractivity contribution in [3.05, 3.63) is 74.9 Å². The zero-order valence-electron chi connectivity index (χ0n) is 19.8. The molecule has 1 fully saturated rings. The second-order valence-corrected chi connectivity index (χ2v) is 10.1. The van der Waals surface area contributed by atoms with Gasteiger partial charge in [0.2, 0.25) is 0 Å². The van der Waals surface area contributed by atoms with E-state index in [0.717, 1.165) is 28.0 Å². The van der Waals surface area contributed by atoms with E-state index in [9.17, 15) is 30.7 Å². The van der Waals surface area contributed by atoms with Crippen molar-refractivity contribution in [1.82, 2.24) is 30.3 Å². The van der Waals surface area contributed by atoms with Crippen molar-refractivity contribution in [2.45, 2.75) is 50.4 Å². The molecule has 1 aromatic carbocycles. The van der Waals surface area contributed by atoms with Gasteiger partial charge >= 0.3 is 12.4 Å². The molecule has 2 N–H and O–H groups in total. The summed E-state index contributed by atoms with van der Waals surface area (Å²) in [5.74, 6) is -0.125. The fraction of sp³-hybridized carbons (Fsp3) is 0.417. The predicted molar refractivity (Wildman–Crippen MR) is 126 cm³/mol. The van der Waals surface area contributed by atoms with Crippen LogP contribution < -0.4 is 10.6 Å². The van der Waals surface area contributed by atoms with Gasteiger partial charge in [-0.15, -0.1) is 11.3 Å². The van der Waals surface area contributed by atoms with Gasteiger partial charge in [-0.25, -0.2) is 14.1 Å². The van der Waals surface area contributed by atoms with Gasteiger partial charge in [-0.05, 0) is 36.1 Å². The Hall–Kier alpha value is -2.97. The van der Waals surface area contributed by atoms with Crippen LogP contribution >= 0.6 is 11.3 Å². The Morgan fingerprint density at radius 2 is 1.63 bits per heavy atom. The molecule has 3 aromatic rings. The normalized spacial score (nSPS) is 19.7. The predicted octanol–water partition coefficient (Wildman–Crippen LogP) is 5.72. The van der Waals surface area contributed by atoms with Crippen LogP contribution in [0.15, 0.2) is 35.8 Å². The molecule has 0 radical (unpaired) electrons. The number of likely N-dealkylation sites (tertiary alicyclic amines) is 1. The summed E-state index contributed by atoms with van der Waals surface area (Å²) in [6.45, 7) is 2.08. The zero-order chi connectivity index (χ0) is 27.1. The van der Waals surface area contributed by atoms with Gasteiger partial charge in [0.15, 0.2) is 5.69 Å². The fourth-order valence-corrected chi connectivity index (χ4v) is 5.59. The molecule has 0 saturated carbocycles. The Kier molecular flexibility index (Phi) is 7.22. The quantitative estimate of drug-likeness (QED) is 0.400. The number of hydrogen-bond donors (Lipinski definition) is 2. The van der Waals surface area contributed by atoms with Gasteiger partial charge in [0.05, 0.1) is 10.7 Å². The smallest absolute Gasteiger partial charge is 0.376 e. The average Bonchev–Trinajstić information content (AvgIpc) is 3.47. The molecule has 1 atom stereocenters. The molecule has 1 unspecified atom stereocenters. The van der Waals surface area contributed by atoms with Crippen LogP contribution in [0.1, 0.15) is 58.1 Å². The summed E-state index contributed by atoms with van der Waals surface area (Å²) in [6.07, 6.45) is -6.53. The van der Waals surface area contributed by atoms with Gasteiger partial charge in [-0.1, -0.05) is 6.07 Å². The number of piperidine rings is 1. The van der Waals surface area contributed by atoms with Crippen molar-refractivity contribution >= 4 is 17.5 Å². The van der Waals surface area contributed by atoms with Crippen LogP contribution in [-0.4, -0.2) is 32.8 Å². The number of halogens is 7. The van der Waals surface area contributed by atoms with E-state index in [1.807, 2.05) is 5.38 Å². The van der Waals surface area contributed by atoms with E-state index >= 15 is 0 Å². The lowest BCUT2D eigenvalue weighted by Gasteiger charge is -2.30. The minimum Gasteiger partial charge on any atom is -0.376 e. The highest BCUT2D eigenvalue weighted by Crippen LogP contribution is 2.36. The molecule has 0 aliphatic carbocycles. The second kappa shape index (κ2) is 10.3. The monoisotopic (exact) mass is 560 g/mol. The van der Waals surface area contributed by atoms with Crippen LogP contribution in [-0.2, 0) is 25.4 Å². The van der Waals surface area contributed by atoms with E-state index in [2.05, 4.69) is 15.7 Å². The zero-order valence-corrected chi connectivity index (χ0v) is 20.6. The summed E-state index contributed by atoms with van der Waals surface area (Å²) < 4.78 is 92.0. The minimum atomic E-state index is -4.98. The highest BCUT2D eigenvalue weighted by molar-refractivity contribution is 7.09. The maximum Gasteiger partial charge on any atom is 0.435 e. The molecule has 0 amide bonds. The molecule has 2 aliphatic heterocycles. The molecule has 6 nitrogen and oxygen atoms in total. The van der Waals surface area contributed by atoms with Gasteiger partial charge in [0.1, 0.15) is 17.7 Å². The minimum absolute atomic E-state index is 0.00555. The molecule has 2 aromatic heterocycles. The van der Waals surface area contributed by atoms with Gasteiger partial charge in [-0.3, -0.25) is 10.6 Å². The number of nitrogens with one attached hydrogen (secondary N) is 2. The van der Waals surface area contributed by atoms with Crippen molar-refractivity contribution in [2.75, 3.05) is 13.1 Å². The number of rotatable bonds is 4. The van der Waals surface area contributed by atoms with Crippen molar-refractivity contribution in [2.24, 2.45) is 0 Å². The molecule has 2 aliphatic rings. The Morgan fingerprint density at radius 3 is 2.32 bits per heavy atom. The number of fused-ring (bicyclic) bond motifs is 1. The molecule has 0 bridgehead atoms. The summed E-state index contributed by atoms with van der Waals surface area (Å²) >= 11 is 1.53. The topological polar surface area (TPSA) is 58.0 Å². The molecular weight excluding hydrogens is 537 g/mol. The lowest BCUT2D eigenvalue weighted by atomic mass is 9.98. The standard InChI is InChI=1S/C24H23F7N6S/c25-17-2-1-15-11-32-21(33-12-16(15)9-17)18-13-38-22(34-18)14-3-5-36(6-4-14)7-8-37-20(24(29,30)31)10-19(35-37)23(26,27)28/h1-2,7-10,13-14,21,32-33H,3-6,11-12H2. The third-order valence-corrected chi connectivity index (χ3v) is 7.64. The number of aromatic nitrogens is 3. The van der Waals surface area contributed by atoms with E-state index in [-0.39, 0.29) is 28.6 Å². The Morgan fingerprint density at radius 1 is 0.921 bits per heavy atom. The third kappa shape index (κ3) is 5.86. The maximum absolute atomic E-state index is 13.6. The molecule has 4 heterocycles. The first kappa shape index (κ1) is 26.6. The summed E-state index contributed by atoms with van der Waals surface area (Å²) in [5, 5.41) is 12.7. The largest absolute Gasteiger partial charge is 0.435 e. The Bertz CT molecular complexity index is 1300. The van der Waals surface area contributed by atoms with E-state index in [1.165, 1.54) is 29.7 Å². The number of nitrogens with zero attached hydrogens (tertiary/aromatic N) is 4. The molecule has 38 heavy (non-hydrogen) atoms. The summed E-state index contributed by atoms with van der Waals surface area (Å²) in [7, 11) is 0. The molecule has 5 rings (SSSR count). The van der Waals surface area contributed by atoms with E-state index < -0.39 is 23.7 Å². The van der Waals surface area contributed by atoms with Gasteiger partial charge in [0.25, 0.3) is 0 Å². The Balaban J connectivity index is 1.19. The van der Waals surface area contributed by atoms with Crippen LogP contribution in [0.2, 0.25) is 0 Å². The van der Waals surface area contributed by atoms with Crippen LogP contribution in [0.4, 0.5) is 30.7 Å². The summed E-state index contributed by atoms with van der Waals surface area (Å²) in [5.41, 5.74) is -0.339. The summed E-state index contributed by atoms with van der Waals surface area (Å²) in [6, 6.07) is 4.73. The second-order valence-electron chi connectivity index (χ2n) is 9.18. The highest BCUT2D eigenvalue weighted by atomic mass is 32.1. The molecule has 204 valence electrons. The molecule has 0 spiro atoms. The summed E-state index contributed by atoms with van der Waals surface area (Å²) in [4.78, 5) is 6.55. The molecule has 14 heteroatoms. The lowest BCUT2D eigenvalue weighted by Crippen LogP contribution is -2.31. The van der Waals surface area contributed by atoms with E-state index in [1.54, 1.807) is 11.0 Å². The lowest BCUT2D eigenvalue weighted by molar-refractivity contribution is -0.143. The van der Waals surface area contributed by atoms with Gasteiger partial charge in [0, 0.05) is 55.9 Å². The van der Waals surface area contributed by atoms with Crippen LogP contribution in [0.3, 0.4) is 0 Å². The number of hydrogen-bond acceptors (Lipinski definition) is 6. The average molecular weight is 561 g/mol. The number of alkyl halides is 6. The van der Waals surface area contributed by atoms with Gasteiger partial charge in [-0.2, -0.15) is 31.4 Å². The number of benzene rings is 1. The van der Waals surface area contributed by atoms with E-state index in [4.69, 9.17) is 4.98 Å². The van der Waals surface area contributed by atoms with Crippen molar-refractivity contribution < 1.29 is 30.7 Å². The van der Waals surface area contributed by atoms with E-state index in [0.29, 0.717) is 39.0 Å². The van der Waals surface area contributed by atoms with Crippen molar-refractivity contribution in [3.8, 4) is 0 Å². The van der Waals surface area contributed by atoms with Crippen LogP contribution in [0.25, 0.3) is 6.20 Å². The van der Waals surface area contributed by atoms with Crippen LogP contribution in [0, 0.1) is 5.82 Å². The third-order valence-electron chi connectivity index (χ3n) is 6.61. The molecule has 1 saturated heterocycles. The van der Waals surface area contributed by atoms with Crippen molar-refractivity contribution in [1.29, 1.82) is 0 Å². The van der Waals surface area contributed by atoms with Gasteiger partial charge < -0.3 is 4.90 Å². The highest BCUT2D eigenvalue weighted by Gasteiger charge is 2.41.